The maximum atomic E-state index is 13.5. The molecule has 4 rings (SSSR count). The molecule has 0 spiro atoms. The number of carbonyl (C=O) groups is 2. The average molecular weight is 496 g/mol. The van der Waals surface area contributed by atoms with Gasteiger partial charge in [-0.15, -0.1) is 0 Å². The van der Waals surface area contributed by atoms with E-state index < -0.39 is 23.5 Å². The van der Waals surface area contributed by atoms with E-state index in [2.05, 4.69) is 15.9 Å². The van der Waals surface area contributed by atoms with Crippen LogP contribution in [0.1, 0.15) is 22.7 Å². The number of aliphatic hydroxyl groups excluding tert-OH is 1. The molecule has 0 radical (unpaired) electrons. The van der Waals surface area contributed by atoms with E-state index in [9.17, 15) is 19.1 Å². The Bertz CT molecular complexity index is 1250. The van der Waals surface area contributed by atoms with Gasteiger partial charge in [0.25, 0.3) is 11.7 Å². The molecule has 1 amide bonds. The van der Waals surface area contributed by atoms with E-state index in [1.54, 1.807) is 24.3 Å². The molecule has 1 fully saturated rings. The zero-order valence-electron chi connectivity index (χ0n) is 17.3. The van der Waals surface area contributed by atoms with Gasteiger partial charge in [-0.2, -0.15) is 0 Å². The van der Waals surface area contributed by atoms with Gasteiger partial charge in [0.05, 0.1) is 23.2 Å². The minimum absolute atomic E-state index is 0.0398. The van der Waals surface area contributed by atoms with Gasteiger partial charge in [0.15, 0.2) is 0 Å². The molecule has 1 heterocycles. The van der Waals surface area contributed by atoms with Crippen molar-refractivity contribution in [2.45, 2.75) is 13.0 Å². The van der Waals surface area contributed by atoms with Gasteiger partial charge in [0.1, 0.15) is 17.3 Å². The monoisotopic (exact) mass is 495 g/mol. The molecule has 1 aliphatic rings. The molecule has 0 aromatic heterocycles. The molecule has 1 saturated heterocycles. The second-order valence-electron chi connectivity index (χ2n) is 7.41. The van der Waals surface area contributed by atoms with Crippen LogP contribution in [-0.4, -0.2) is 23.9 Å². The van der Waals surface area contributed by atoms with Gasteiger partial charge in [0, 0.05) is 11.3 Å². The minimum Gasteiger partial charge on any atom is -0.507 e. The number of hydrogen-bond acceptors (Lipinski definition) is 4. The van der Waals surface area contributed by atoms with E-state index in [0.717, 1.165) is 5.56 Å². The SMILES string of the molecule is COc1ccc(/C(O)=C2/C(=O)C(=O)N(c3ccc(F)cc3)C2c2cccc(C)c2)cc1Br. The molecule has 3 aromatic rings. The topological polar surface area (TPSA) is 66.8 Å². The first-order valence-electron chi connectivity index (χ1n) is 9.79. The highest BCUT2D eigenvalue weighted by molar-refractivity contribution is 9.10. The number of aryl methyl sites for hydroxylation is 1. The van der Waals surface area contributed by atoms with Crippen molar-refractivity contribution >= 4 is 39.1 Å². The Morgan fingerprint density at radius 2 is 1.78 bits per heavy atom. The zero-order chi connectivity index (χ0) is 23.0. The molecule has 3 aromatic carbocycles. The maximum absolute atomic E-state index is 13.5. The molecule has 1 N–H and O–H groups in total. The Morgan fingerprint density at radius 1 is 1.06 bits per heavy atom. The number of Topliss-reactive ketones (excluding diaryl/α,β-unsaturated/α-hetero) is 1. The largest absolute Gasteiger partial charge is 0.507 e. The van der Waals surface area contributed by atoms with E-state index in [4.69, 9.17) is 4.74 Å². The van der Waals surface area contributed by atoms with Crippen molar-refractivity contribution in [1.29, 1.82) is 0 Å². The summed E-state index contributed by atoms with van der Waals surface area (Å²) in [5, 5.41) is 11.2. The van der Waals surface area contributed by atoms with Gasteiger partial charge in [0.2, 0.25) is 0 Å². The number of methoxy groups -OCH3 is 1. The number of hydrogen-bond donors (Lipinski definition) is 1. The van der Waals surface area contributed by atoms with Crippen LogP contribution in [-0.2, 0) is 9.59 Å². The van der Waals surface area contributed by atoms with E-state index in [1.165, 1.54) is 36.3 Å². The number of ether oxygens (including phenoxy) is 1. The molecule has 5 nitrogen and oxygen atoms in total. The van der Waals surface area contributed by atoms with Crippen molar-refractivity contribution in [3.63, 3.8) is 0 Å². The van der Waals surface area contributed by atoms with E-state index in [1.807, 2.05) is 25.1 Å². The first kappa shape index (κ1) is 21.8. The lowest BCUT2D eigenvalue weighted by Gasteiger charge is -2.25. The van der Waals surface area contributed by atoms with Gasteiger partial charge >= 0.3 is 0 Å². The van der Waals surface area contributed by atoms with Crippen LogP contribution in [0.4, 0.5) is 10.1 Å². The van der Waals surface area contributed by atoms with Crippen molar-refractivity contribution in [2.24, 2.45) is 0 Å². The summed E-state index contributed by atoms with van der Waals surface area (Å²) >= 11 is 3.38. The van der Waals surface area contributed by atoms with Crippen LogP contribution in [0.2, 0.25) is 0 Å². The molecule has 0 bridgehead atoms. The third-order valence-corrected chi connectivity index (χ3v) is 5.95. The highest BCUT2D eigenvalue weighted by Gasteiger charge is 2.47. The fourth-order valence-corrected chi connectivity index (χ4v) is 4.37. The number of nitrogens with zero attached hydrogens (tertiary/aromatic N) is 1. The zero-order valence-corrected chi connectivity index (χ0v) is 18.9. The normalized spacial score (nSPS) is 17.6. The number of ketones is 1. The third-order valence-electron chi connectivity index (χ3n) is 5.33. The lowest BCUT2D eigenvalue weighted by molar-refractivity contribution is -0.132. The molecule has 7 heteroatoms. The first-order valence-corrected chi connectivity index (χ1v) is 10.6. The number of benzene rings is 3. The standard InChI is InChI=1S/C25H19BrFNO4/c1-14-4-3-5-15(12-14)22-21(23(29)16-6-11-20(32-2)19(26)13-16)24(30)25(31)28(22)18-9-7-17(27)8-10-18/h3-13,22,29H,1-2H3/b23-21-. The maximum Gasteiger partial charge on any atom is 0.300 e. The summed E-state index contributed by atoms with van der Waals surface area (Å²) < 4.78 is 19.3. The van der Waals surface area contributed by atoms with E-state index in [0.29, 0.717) is 27.0 Å². The quantitative estimate of drug-likeness (QED) is 0.293. The summed E-state index contributed by atoms with van der Waals surface area (Å²) in [6, 6.07) is 16.7. The number of amides is 1. The summed E-state index contributed by atoms with van der Waals surface area (Å²) in [6.07, 6.45) is 0. The van der Waals surface area contributed by atoms with Crippen LogP contribution in [0.3, 0.4) is 0 Å². The predicted octanol–water partition coefficient (Wildman–Crippen LogP) is 5.53. The summed E-state index contributed by atoms with van der Waals surface area (Å²) in [5.41, 5.74) is 2.26. The van der Waals surface area contributed by atoms with Gasteiger partial charge in [-0.3, -0.25) is 14.5 Å². The van der Waals surface area contributed by atoms with Gasteiger partial charge in [-0.25, -0.2) is 4.39 Å². The van der Waals surface area contributed by atoms with Crippen LogP contribution in [0.25, 0.3) is 5.76 Å². The number of anilines is 1. The van der Waals surface area contributed by atoms with Crippen LogP contribution in [0, 0.1) is 12.7 Å². The van der Waals surface area contributed by atoms with Crippen LogP contribution < -0.4 is 9.64 Å². The van der Waals surface area contributed by atoms with Crippen molar-refractivity contribution in [3.05, 3.63) is 99.3 Å². The number of halogens is 2. The predicted molar refractivity (Wildman–Crippen MR) is 123 cm³/mol. The molecular formula is C25H19BrFNO4. The number of carbonyl (C=O) groups excluding carboxylic acids is 2. The highest BCUT2D eigenvalue weighted by Crippen LogP contribution is 2.42. The Balaban J connectivity index is 1.94. The summed E-state index contributed by atoms with van der Waals surface area (Å²) in [5.74, 6) is -1.81. The fraction of sp³-hybridized carbons (Fsp3) is 0.120. The number of aliphatic hydroxyl groups is 1. The summed E-state index contributed by atoms with van der Waals surface area (Å²) in [7, 11) is 1.52. The Morgan fingerprint density at radius 3 is 2.41 bits per heavy atom. The van der Waals surface area contributed by atoms with Crippen LogP contribution in [0.15, 0.2) is 76.8 Å². The molecular weight excluding hydrogens is 477 g/mol. The molecule has 32 heavy (non-hydrogen) atoms. The number of rotatable bonds is 4. The molecule has 0 aliphatic carbocycles. The molecule has 1 atom stereocenters. The fourth-order valence-electron chi connectivity index (χ4n) is 3.83. The van der Waals surface area contributed by atoms with E-state index in [-0.39, 0.29) is 11.3 Å². The first-order chi connectivity index (χ1) is 15.3. The van der Waals surface area contributed by atoms with E-state index >= 15 is 0 Å². The third kappa shape index (κ3) is 3.80. The van der Waals surface area contributed by atoms with Gasteiger partial charge in [-0.1, -0.05) is 29.8 Å². The van der Waals surface area contributed by atoms with Gasteiger partial charge in [-0.05, 0) is 70.9 Å². The lowest BCUT2D eigenvalue weighted by atomic mass is 9.94. The van der Waals surface area contributed by atoms with Crippen LogP contribution >= 0.6 is 15.9 Å². The smallest absolute Gasteiger partial charge is 0.300 e. The van der Waals surface area contributed by atoms with Gasteiger partial charge < -0.3 is 9.84 Å². The van der Waals surface area contributed by atoms with Crippen molar-refractivity contribution in [2.75, 3.05) is 12.0 Å². The van der Waals surface area contributed by atoms with Crippen molar-refractivity contribution in [1.82, 2.24) is 0 Å². The van der Waals surface area contributed by atoms with Crippen molar-refractivity contribution in [3.8, 4) is 5.75 Å². The molecule has 162 valence electrons. The summed E-state index contributed by atoms with van der Waals surface area (Å²) in [6.45, 7) is 1.90. The Hall–Kier alpha value is -3.45. The Kier molecular flexibility index (Phi) is 5.84. The second kappa shape index (κ2) is 8.59. The molecule has 0 saturated carbocycles. The molecule has 1 unspecified atom stereocenters. The average Bonchev–Trinajstić information content (AvgIpc) is 3.04. The van der Waals surface area contributed by atoms with Crippen molar-refractivity contribution < 1.29 is 23.8 Å². The Labute approximate surface area is 192 Å². The lowest BCUT2D eigenvalue weighted by Crippen LogP contribution is -2.29. The highest BCUT2D eigenvalue weighted by atomic mass is 79.9. The second-order valence-corrected chi connectivity index (χ2v) is 8.26. The van der Waals surface area contributed by atoms with Crippen LogP contribution in [0.5, 0.6) is 5.75 Å². The minimum atomic E-state index is -0.874. The molecule has 1 aliphatic heterocycles. The summed E-state index contributed by atoms with van der Waals surface area (Å²) in [4.78, 5) is 27.5.